The Balaban J connectivity index is 1.03. The van der Waals surface area contributed by atoms with Gasteiger partial charge in [-0.2, -0.15) is 10.5 Å². The Labute approximate surface area is 506 Å². The van der Waals surface area contributed by atoms with Crippen LogP contribution >= 0.6 is 0 Å². The predicted molar refractivity (Wildman–Crippen MR) is 359 cm³/mol. The van der Waals surface area contributed by atoms with Crippen molar-refractivity contribution in [1.29, 1.82) is 10.5 Å². The Kier molecular flexibility index (Phi) is 10.3. The van der Waals surface area contributed by atoms with Crippen LogP contribution in [0.1, 0.15) is 55.6 Å². The van der Waals surface area contributed by atoms with Gasteiger partial charge < -0.3 is 23.2 Å². The lowest BCUT2D eigenvalue weighted by Crippen LogP contribution is -2.34. The summed E-state index contributed by atoms with van der Waals surface area (Å²) in [4.78, 5) is 4.85. The summed E-state index contributed by atoms with van der Waals surface area (Å²) >= 11 is 0. The topological polar surface area (TPSA) is 85.3 Å². The Morgan fingerprint density at radius 2 is 0.761 bits per heavy atom. The van der Waals surface area contributed by atoms with Crippen LogP contribution in [0.3, 0.4) is 0 Å². The minimum Gasteiger partial charge on any atom is -0.452 e. The second-order valence-electron chi connectivity index (χ2n) is 23.9. The van der Waals surface area contributed by atoms with Gasteiger partial charge in [0, 0.05) is 54.5 Å². The molecule has 1 aliphatic carbocycles. The number of hydrogen-bond acceptors (Lipinski definition) is 6. The van der Waals surface area contributed by atoms with Gasteiger partial charge in [0.25, 0.3) is 0 Å². The monoisotopic (exact) mass is 1130 g/mol. The Bertz CT molecular complexity index is 5600. The predicted octanol–water partition coefficient (Wildman–Crippen LogP) is 21.5. The first-order valence-electron chi connectivity index (χ1n) is 29.9. The minimum atomic E-state index is -0.954. The van der Waals surface area contributed by atoms with Crippen molar-refractivity contribution in [2.24, 2.45) is 0 Å². The highest BCUT2D eigenvalue weighted by molar-refractivity contribution is 6.22. The van der Waals surface area contributed by atoms with E-state index in [0.717, 1.165) is 111 Å². The summed E-state index contributed by atoms with van der Waals surface area (Å²) in [6.45, 7) is 8.71. The van der Waals surface area contributed by atoms with Crippen molar-refractivity contribution < 1.29 is 8.83 Å². The summed E-state index contributed by atoms with van der Waals surface area (Å²) in [7, 11) is 0. The molecule has 412 valence electrons. The summed E-state index contributed by atoms with van der Waals surface area (Å²) < 4.78 is 16.6. The summed E-state index contributed by atoms with van der Waals surface area (Å²) in [5.41, 5.74) is 23.3. The molecule has 1 spiro atoms. The molecule has 1 aliphatic heterocycles. The number of hydrogen-bond donors (Lipinski definition) is 0. The Morgan fingerprint density at radius 3 is 1.28 bits per heavy atom. The largest absolute Gasteiger partial charge is 0.452 e. The molecule has 0 saturated carbocycles. The average Bonchev–Trinajstić information content (AvgIpc) is 1.49. The number of rotatable bonds is 6. The van der Waals surface area contributed by atoms with E-state index in [2.05, 4.69) is 267 Å². The molecule has 0 N–H and O–H groups in total. The summed E-state index contributed by atoms with van der Waals surface area (Å²) in [6, 6.07) is 90.7. The van der Waals surface area contributed by atoms with Crippen molar-refractivity contribution in [2.75, 3.05) is 9.80 Å². The van der Waals surface area contributed by atoms with E-state index in [1.807, 2.05) is 24.3 Å². The van der Waals surface area contributed by atoms with E-state index >= 15 is 0 Å². The fourth-order valence-corrected chi connectivity index (χ4v) is 15.7. The molecule has 0 bridgehead atoms. The van der Waals surface area contributed by atoms with Crippen LogP contribution < -0.4 is 9.80 Å². The fourth-order valence-electron chi connectivity index (χ4n) is 15.7. The maximum absolute atomic E-state index is 10.5. The fraction of sp³-hybridized carbons (Fsp3) is 0.0617. The lowest BCUT2D eigenvalue weighted by molar-refractivity contribution is 0.667. The molecule has 0 radical (unpaired) electrons. The molecule has 0 saturated heterocycles. The highest BCUT2D eigenvalue weighted by atomic mass is 16.3. The molecule has 0 atom stereocenters. The van der Waals surface area contributed by atoms with Crippen LogP contribution in [-0.2, 0) is 5.41 Å². The quantitative estimate of drug-likeness (QED) is 0.165. The minimum absolute atomic E-state index is 0.494. The van der Waals surface area contributed by atoms with Gasteiger partial charge in [-0.15, -0.1) is 0 Å². The van der Waals surface area contributed by atoms with Crippen LogP contribution in [0.15, 0.2) is 245 Å². The summed E-state index contributed by atoms with van der Waals surface area (Å²) in [5, 5.41) is 31.4. The smallest absolute Gasteiger partial charge is 0.159 e. The highest BCUT2D eigenvalue weighted by Gasteiger charge is 2.53. The van der Waals surface area contributed by atoms with E-state index in [1.165, 1.54) is 49.7 Å². The molecule has 4 heterocycles. The van der Waals surface area contributed by atoms with Gasteiger partial charge >= 0.3 is 0 Å². The van der Waals surface area contributed by atoms with E-state index in [-0.39, 0.29) is 0 Å². The van der Waals surface area contributed by atoms with Crippen molar-refractivity contribution in [3.63, 3.8) is 0 Å². The van der Waals surface area contributed by atoms with Gasteiger partial charge in [0.1, 0.15) is 12.1 Å². The first kappa shape index (κ1) is 49.8. The molecule has 18 rings (SSSR count). The maximum atomic E-state index is 10.5. The molecule has 0 unspecified atom stereocenters. The Hall–Kier alpha value is -11.6. The van der Waals surface area contributed by atoms with Gasteiger partial charge in [-0.3, -0.25) is 0 Å². The SMILES string of the molecule is Cc1ccc(N(c2cc3c(c4ccccc24)-c2c(cc(N(c4ccc(C)cc4C)c4cccc5c4oc4c(C#N)cccc45)c4ccccc24)C32c3ccccc3-n3c4ccccc4c4cccc2c43)c2cccc3c2oc2c(C#N)cccc23)c(C)c1. The molecule has 0 amide bonds. The molecule has 0 fully saturated rings. The third-order valence-electron chi connectivity index (χ3n) is 19.1. The highest BCUT2D eigenvalue weighted by Crippen LogP contribution is 2.66. The van der Waals surface area contributed by atoms with Gasteiger partial charge in [-0.25, -0.2) is 0 Å². The van der Waals surface area contributed by atoms with Crippen LogP contribution in [0.4, 0.5) is 34.1 Å². The first-order chi connectivity index (χ1) is 43.2. The molecule has 16 aromatic rings. The number of para-hydroxylation sites is 7. The summed E-state index contributed by atoms with van der Waals surface area (Å²) in [5.74, 6) is 0. The van der Waals surface area contributed by atoms with Crippen LogP contribution in [0.5, 0.6) is 0 Å². The van der Waals surface area contributed by atoms with Gasteiger partial charge in [-0.1, -0.05) is 187 Å². The summed E-state index contributed by atoms with van der Waals surface area (Å²) in [6.07, 6.45) is 0. The van der Waals surface area contributed by atoms with E-state index < -0.39 is 5.41 Å². The molecule has 7 heteroatoms. The van der Waals surface area contributed by atoms with Crippen LogP contribution in [0.25, 0.3) is 104 Å². The molecule has 3 aromatic heterocycles. The lowest BCUT2D eigenvalue weighted by atomic mass is 9.65. The van der Waals surface area contributed by atoms with Gasteiger partial charge in [0.2, 0.25) is 0 Å². The molecular weight excluding hydrogens is 1070 g/mol. The van der Waals surface area contributed by atoms with Crippen molar-refractivity contribution in [1.82, 2.24) is 4.57 Å². The third kappa shape index (κ3) is 6.49. The van der Waals surface area contributed by atoms with Gasteiger partial charge in [-0.05, 0) is 144 Å². The Morgan fingerprint density at radius 1 is 0.341 bits per heavy atom. The molecule has 13 aromatic carbocycles. The number of fused-ring (bicyclic) bond motifs is 22. The van der Waals surface area contributed by atoms with Crippen LogP contribution in [0, 0.1) is 50.4 Å². The zero-order valence-corrected chi connectivity index (χ0v) is 48.6. The third-order valence-corrected chi connectivity index (χ3v) is 19.1. The van der Waals surface area contributed by atoms with Crippen molar-refractivity contribution in [3.05, 3.63) is 292 Å². The average molecular weight is 1130 g/mol. The van der Waals surface area contributed by atoms with E-state index in [9.17, 15) is 10.5 Å². The van der Waals surface area contributed by atoms with Gasteiger partial charge in [0.15, 0.2) is 22.3 Å². The number of furan rings is 2. The number of aryl methyl sites for hydroxylation is 4. The first-order valence-corrected chi connectivity index (χ1v) is 29.9. The molecule has 7 nitrogen and oxygen atoms in total. The van der Waals surface area contributed by atoms with E-state index in [1.54, 1.807) is 0 Å². The number of nitriles is 2. The second-order valence-corrected chi connectivity index (χ2v) is 23.9. The zero-order chi connectivity index (χ0) is 58.8. The second kappa shape index (κ2) is 18.2. The number of aromatic nitrogens is 1. The van der Waals surface area contributed by atoms with Gasteiger partial charge in [0.05, 0.1) is 56.0 Å². The van der Waals surface area contributed by atoms with Crippen molar-refractivity contribution in [3.8, 4) is 29.0 Å². The van der Waals surface area contributed by atoms with E-state index in [4.69, 9.17) is 8.83 Å². The molecular formula is C81H51N5O2. The number of nitrogens with zero attached hydrogens (tertiary/aromatic N) is 5. The van der Waals surface area contributed by atoms with Crippen LogP contribution in [0.2, 0.25) is 0 Å². The molecule has 2 aliphatic rings. The molecule has 88 heavy (non-hydrogen) atoms. The van der Waals surface area contributed by atoms with Crippen molar-refractivity contribution in [2.45, 2.75) is 33.1 Å². The zero-order valence-electron chi connectivity index (χ0n) is 48.6. The van der Waals surface area contributed by atoms with E-state index in [0.29, 0.717) is 33.5 Å². The normalized spacial score (nSPS) is 12.8. The van der Waals surface area contributed by atoms with Crippen LogP contribution in [-0.4, -0.2) is 4.57 Å². The number of anilines is 6. The standard InChI is InChI=1S/C81H51N5O2/c1-46-36-38-66(48(3)40-46)84(70-34-16-28-60-58-26-13-18-50(44-82)77(58)87-79(60)70)72-42-64-74(55-23-7-5-20-52(55)72)75-56-24-8-6-21-53(56)73(85(67-39-37-47(2)41-49(67)4)71-35-17-29-61-59-27-14-19-51(45-83)78(59)88-80(61)71)43-65(75)81(64)62-30-10-12-33-69(62)86-68-32-11-9-22-54(68)57-25-15-31-63(81)76(57)86/h5-43H,1-4H3. The maximum Gasteiger partial charge on any atom is 0.159 e. The van der Waals surface area contributed by atoms with Crippen molar-refractivity contribution >= 4 is 121 Å². The number of benzene rings is 13. The lowest BCUT2D eigenvalue weighted by Gasteiger charge is -2.40.